The predicted octanol–water partition coefficient (Wildman–Crippen LogP) is 2.64. The zero-order chi connectivity index (χ0) is 15.5. The molecule has 0 heterocycles. The van der Waals surface area contributed by atoms with Crippen LogP contribution in [0.2, 0.25) is 0 Å². The van der Waals surface area contributed by atoms with E-state index in [0.717, 1.165) is 5.56 Å². The largest absolute Gasteiger partial charge is 0.493 e. The van der Waals surface area contributed by atoms with Gasteiger partial charge in [-0.2, -0.15) is 13.7 Å². The Kier molecular flexibility index (Phi) is 4.15. The SMILES string of the molecule is COc1ccc(C#N)cc1OS(=O)(=O)c1ccc(C)cc1. The molecule has 0 bridgehead atoms. The van der Waals surface area contributed by atoms with Gasteiger partial charge in [0.1, 0.15) is 4.90 Å². The number of rotatable bonds is 4. The van der Waals surface area contributed by atoms with Gasteiger partial charge in [0.05, 0.1) is 18.7 Å². The first-order valence-electron chi connectivity index (χ1n) is 6.05. The number of ether oxygens (including phenoxy) is 1. The average molecular weight is 303 g/mol. The highest BCUT2D eigenvalue weighted by Gasteiger charge is 2.19. The van der Waals surface area contributed by atoms with Gasteiger partial charge in [-0.15, -0.1) is 0 Å². The molecule has 5 nitrogen and oxygen atoms in total. The predicted molar refractivity (Wildman–Crippen MR) is 76.7 cm³/mol. The maximum atomic E-state index is 12.2. The summed E-state index contributed by atoms with van der Waals surface area (Å²) < 4.78 is 34.6. The normalized spacial score (nSPS) is 10.7. The molecule has 0 N–H and O–H groups in total. The van der Waals surface area contributed by atoms with Crippen LogP contribution in [0.5, 0.6) is 11.5 Å². The smallest absolute Gasteiger partial charge is 0.339 e. The minimum atomic E-state index is -3.98. The van der Waals surface area contributed by atoms with Crippen LogP contribution in [-0.4, -0.2) is 15.5 Å². The summed E-state index contributed by atoms with van der Waals surface area (Å²) in [6, 6.07) is 12.5. The third-order valence-electron chi connectivity index (χ3n) is 2.80. The standard InChI is InChI=1S/C15H13NO4S/c1-11-3-6-13(7-4-11)21(17,18)20-15-9-12(10-16)5-8-14(15)19-2/h3-9H,1-2H3. The van der Waals surface area contributed by atoms with E-state index in [1.54, 1.807) is 12.1 Å². The summed E-state index contributed by atoms with van der Waals surface area (Å²) >= 11 is 0. The molecule has 0 radical (unpaired) electrons. The number of methoxy groups -OCH3 is 1. The van der Waals surface area contributed by atoms with Crippen molar-refractivity contribution in [3.63, 3.8) is 0 Å². The Morgan fingerprint density at radius 1 is 1.05 bits per heavy atom. The molecule has 0 saturated carbocycles. The molecule has 0 saturated heterocycles. The van der Waals surface area contributed by atoms with Gasteiger partial charge in [-0.25, -0.2) is 0 Å². The second-order valence-electron chi connectivity index (χ2n) is 4.33. The van der Waals surface area contributed by atoms with Crippen molar-refractivity contribution in [1.82, 2.24) is 0 Å². The van der Waals surface area contributed by atoms with Crippen molar-refractivity contribution in [3.8, 4) is 17.6 Å². The van der Waals surface area contributed by atoms with Crippen molar-refractivity contribution in [2.24, 2.45) is 0 Å². The third-order valence-corrected chi connectivity index (χ3v) is 4.05. The van der Waals surface area contributed by atoms with Crippen molar-refractivity contribution in [2.45, 2.75) is 11.8 Å². The quantitative estimate of drug-likeness (QED) is 0.812. The number of aryl methyl sites for hydroxylation is 1. The summed E-state index contributed by atoms with van der Waals surface area (Å²) in [6.45, 7) is 1.86. The Bertz CT molecular complexity index is 789. The molecule has 21 heavy (non-hydrogen) atoms. The summed E-state index contributed by atoms with van der Waals surface area (Å²) in [7, 11) is -2.58. The molecule has 0 amide bonds. The lowest BCUT2D eigenvalue weighted by Gasteiger charge is -2.11. The molecule has 0 aliphatic heterocycles. The Morgan fingerprint density at radius 3 is 2.29 bits per heavy atom. The molecule has 0 atom stereocenters. The zero-order valence-electron chi connectivity index (χ0n) is 11.5. The molecule has 0 aliphatic rings. The molecule has 0 spiro atoms. The lowest BCUT2D eigenvalue weighted by Crippen LogP contribution is -2.10. The van der Waals surface area contributed by atoms with Crippen LogP contribution in [0.3, 0.4) is 0 Å². The summed E-state index contributed by atoms with van der Waals surface area (Å²) in [5.74, 6) is 0.224. The Balaban J connectivity index is 2.41. The van der Waals surface area contributed by atoms with E-state index in [4.69, 9.17) is 14.2 Å². The van der Waals surface area contributed by atoms with Crippen LogP contribution in [0.1, 0.15) is 11.1 Å². The van der Waals surface area contributed by atoms with Crippen LogP contribution in [0.15, 0.2) is 47.4 Å². The van der Waals surface area contributed by atoms with Gasteiger partial charge in [0.25, 0.3) is 0 Å². The maximum absolute atomic E-state index is 12.2. The van der Waals surface area contributed by atoms with Crippen molar-refractivity contribution in [1.29, 1.82) is 5.26 Å². The van der Waals surface area contributed by atoms with Crippen molar-refractivity contribution >= 4 is 10.1 Å². The first-order chi connectivity index (χ1) is 9.96. The van der Waals surface area contributed by atoms with E-state index in [-0.39, 0.29) is 22.0 Å². The lowest BCUT2D eigenvalue weighted by atomic mass is 10.2. The topological polar surface area (TPSA) is 76.4 Å². The molecular weight excluding hydrogens is 290 g/mol. The second kappa shape index (κ2) is 5.85. The molecule has 6 heteroatoms. The van der Waals surface area contributed by atoms with E-state index in [0.29, 0.717) is 0 Å². The molecule has 108 valence electrons. The molecule has 0 aromatic heterocycles. The van der Waals surface area contributed by atoms with Crippen molar-refractivity contribution in [2.75, 3.05) is 7.11 Å². The highest BCUT2D eigenvalue weighted by Crippen LogP contribution is 2.30. The minimum absolute atomic E-state index is 0.0166. The number of nitriles is 1. The Morgan fingerprint density at radius 2 is 1.71 bits per heavy atom. The van der Waals surface area contributed by atoms with Crippen LogP contribution < -0.4 is 8.92 Å². The van der Waals surface area contributed by atoms with E-state index >= 15 is 0 Å². The van der Waals surface area contributed by atoms with Gasteiger partial charge in [-0.05, 0) is 31.2 Å². The minimum Gasteiger partial charge on any atom is -0.493 e. The molecular formula is C15H13NO4S. The van der Waals surface area contributed by atoms with E-state index < -0.39 is 10.1 Å². The van der Waals surface area contributed by atoms with Crippen LogP contribution in [0.25, 0.3) is 0 Å². The summed E-state index contributed by atoms with van der Waals surface area (Å²) in [4.78, 5) is 0.0394. The average Bonchev–Trinajstić information content (AvgIpc) is 2.47. The molecule has 2 aromatic carbocycles. The van der Waals surface area contributed by atoms with Gasteiger partial charge in [0.2, 0.25) is 0 Å². The molecule has 0 fully saturated rings. The molecule has 0 unspecified atom stereocenters. The van der Waals surface area contributed by atoms with Crippen molar-refractivity contribution in [3.05, 3.63) is 53.6 Å². The number of nitrogens with zero attached hydrogens (tertiary/aromatic N) is 1. The van der Waals surface area contributed by atoms with Gasteiger partial charge in [-0.3, -0.25) is 0 Å². The highest BCUT2D eigenvalue weighted by molar-refractivity contribution is 7.87. The third kappa shape index (κ3) is 3.33. The second-order valence-corrected chi connectivity index (χ2v) is 5.87. The summed E-state index contributed by atoms with van der Waals surface area (Å²) in [6.07, 6.45) is 0. The van der Waals surface area contributed by atoms with Crippen LogP contribution in [0, 0.1) is 18.3 Å². The van der Waals surface area contributed by atoms with Crippen LogP contribution in [-0.2, 0) is 10.1 Å². The van der Waals surface area contributed by atoms with E-state index in [9.17, 15) is 8.42 Å². The van der Waals surface area contributed by atoms with Crippen molar-refractivity contribution < 1.29 is 17.3 Å². The monoisotopic (exact) mass is 303 g/mol. The Hall–Kier alpha value is -2.52. The summed E-state index contributed by atoms with van der Waals surface area (Å²) in [5.41, 5.74) is 1.22. The number of benzene rings is 2. The first-order valence-corrected chi connectivity index (χ1v) is 7.46. The fourth-order valence-electron chi connectivity index (χ4n) is 1.68. The van der Waals surface area contributed by atoms with Gasteiger partial charge in [0, 0.05) is 6.07 Å². The number of hydrogen-bond acceptors (Lipinski definition) is 5. The van der Waals surface area contributed by atoms with Crippen LogP contribution in [0.4, 0.5) is 0 Å². The highest BCUT2D eigenvalue weighted by atomic mass is 32.2. The van der Waals surface area contributed by atoms with Gasteiger partial charge >= 0.3 is 10.1 Å². The van der Waals surface area contributed by atoms with E-state index in [1.807, 2.05) is 13.0 Å². The fraction of sp³-hybridized carbons (Fsp3) is 0.133. The molecule has 0 aliphatic carbocycles. The first kappa shape index (κ1) is 14.9. The maximum Gasteiger partial charge on any atom is 0.339 e. The van der Waals surface area contributed by atoms with Crippen LogP contribution >= 0.6 is 0 Å². The van der Waals surface area contributed by atoms with E-state index in [1.165, 1.54) is 37.4 Å². The van der Waals surface area contributed by atoms with E-state index in [2.05, 4.69) is 0 Å². The molecule has 2 rings (SSSR count). The Labute approximate surface area is 123 Å². The lowest BCUT2D eigenvalue weighted by molar-refractivity contribution is 0.390. The van der Waals surface area contributed by atoms with Gasteiger partial charge < -0.3 is 8.92 Å². The molecule has 2 aromatic rings. The van der Waals surface area contributed by atoms with Gasteiger partial charge in [-0.1, -0.05) is 17.7 Å². The fourth-order valence-corrected chi connectivity index (χ4v) is 2.61. The summed E-state index contributed by atoms with van der Waals surface area (Å²) in [5, 5.41) is 8.88. The zero-order valence-corrected chi connectivity index (χ0v) is 12.3. The van der Waals surface area contributed by atoms with Gasteiger partial charge in [0.15, 0.2) is 11.5 Å². The number of hydrogen-bond donors (Lipinski definition) is 0.